The largest absolute Gasteiger partial charge is 0.355 e. The number of hydrogen-bond donors (Lipinski definition) is 1. The molecule has 0 bridgehead atoms. The lowest BCUT2D eigenvalue weighted by Gasteiger charge is -2.00. The fourth-order valence-corrected chi connectivity index (χ4v) is 2.53. The molecule has 20 heavy (non-hydrogen) atoms. The van der Waals surface area contributed by atoms with E-state index in [1.54, 1.807) is 0 Å². The Labute approximate surface area is 118 Å². The van der Waals surface area contributed by atoms with Gasteiger partial charge in [-0.05, 0) is 26.3 Å². The van der Waals surface area contributed by atoms with Gasteiger partial charge in [-0.15, -0.1) is 0 Å². The number of aryl methyl sites for hydroxylation is 2. The Balaban J connectivity index is 2.34. The maximum absolute atomic E-state index is 12.4. The van der Waals surface area contributed by atoms with Crippen molar-refractivity contribution in [2.45, 2.75) is 34.2 Å². The topological polar surface area (TPSA) is 53.8 Å². The number of Topliss-reactive ketones (excluding diaryl/α,β-unsaturated/α-hetero) is 2. The van der Waals surface area contributed by atoms with E-state index < -0.39 is 0 Å². The van der Waals surface area contributed by atoms with Crippen LogP contribution in [0.1, 0.15) is 44.7 Å². The van der Waals surface area contributed by atoms with Gasteiger partial charge in [0, 0.05) is 30.3 Å². The second-order valence-corrected chi connectivity index (χ2v) is 5.07. The predicted octanol–water partition coefficient (Wildman–Crippen LogP) is 2.31. The standard InChI is InChI=1S/C16H18N2O2/c1-10-7-5-6-8-18(10)9-14(20)16-11(2)15(13(4)19)12(3)17-16/h5-8H,9H2,1-4H3/p+1. The summed E-state index contributed by atoms with van der Waals surface area (Å²) in [6.45, 7) is 7.39. The van der Waals surface area contributed by atoms with Gasteiger partial charge in [-0.1, -0.05) is 6.07 Å². The molecular weight excluding hydrogens is 252 g/mol. The van der Waals surface area contributed by atoms with Gasteiger partial charge < -0.3 is 4.98 Å². The number of aromatic nitrogens is 2. The van der Waals surface area contributed by atoms with Crippen LogP contribution in [-0.2, 0) is 6.54 Å². The number of aromatic amines is 1. The number of hydrogen-bond acceptors (Lipinski definition) is 2. The van der Waals surface area contributed by atoms with Gasteiger partial charge in [0.05, 0.1) is 5.69 Å². The highest BCUT2D eigenvalue weighted by Gasteiger charge is 2.22. The SMILES string of the molecule is CC(=O)c1c(C)[nH]c(C(=O)C[n+]2ccccc2C)c1C. The first-order valence-corrected chi connectivity index (χ1v) is 6.60. The number of pyridine rings is 1. The van der Waals surface area contributed by atoms with Crippen molar-refractivity contribution in [1.29, 1.82) is 0 Å². The van der Waals surface area contributed by atoms with Crippen molar-refractivity contribution in [3.8, 4) is 0 Å². The number of carbonyl (C=O) groups is 2. The summed E-state index contributed by atoms with van der Waals surface area (Å²) in [5.41, 5.74) is 3.68. The summed E-state index contributed by atoms with van der Waals surface area (Å²) in [6, 6.07) is 5.80. The van der Waals surface area contributed by atoms with Gasteiger partial charge in [0.1, 0.15) is 0 Å². The van der Waals surface area contributed by atoms with Crippen molar-refractivity contribution >= 4 is 11.6 Å². The average Bonchev–Trinajstić information content (AvgIpc) is 2.67. The number of ketones is 2. The Morgan fingerprint density at radius 2 is 1.90 bits per heavy atom. The maximum atomic E-state index is 12.4. The van der Waals surface area contributed by atoms with Crippen LogP contribution in [0.3, 0.4) is 0 Å². The molecule has 0 aliphatic rings. The smallest absolute Gasteiger partial charge is 0.243 e. The first-order chi connectivity index (χ1) is 9.41. The third-order valence-corrected chi connectivity index (χ3v) is 3.55. The molecule has 2 heterocycles. The normalized spacial score (nSPS) is 10.6. The highest BCUT2D eigenvalue weighted by Crippen LogP contribution is 2.18. The van der Waals surface area contributed by atoms with E-state index in [1.165, 1.54) is 6.92 Å². The van der Waals surface area contributed by atoms with Crippen LogP contribution < -0.4 is 4.57 Å². The number of H-pyrrole nitrogens is 1. The van der Waals surface area contributed by atoms with Crippen LogP contribution >= 0.6 is 0 Å². The molecule has 2 aromatic rings. The Morgan fingerprint density at radius 1 is 1.20 bits per heavy atom. The van der Waals surface area contributed by atoms with Crippen LogP contribution in [0, 0.1) is 20.8 Å². The third kappa shape index (κ3) is 2.54. The van der Waals surface area contributed by atoms with E-state index in [9.17, 15) is 9.59 Å². The minimum absolute atomic E-state index is 0.0150. The van der Waals surface area contributed by atoms with Crippen LogP contribution in [-0.4, -0.2) is 16.6 Å². The number of rotatable bonds is 4. The molecular formula is C16H19N2O2+. The number of nitrogens with one attached hydrogen (secondary N) is 1. The fourth-order valence-electron chi connectivity index (χ4n) is 2.53. The molecule has 0 unspecified atom stereocenters. The molecule has 0 radical (unpaired) electrons. The predicted molar refractivity (Wildman–Crippen MR) is 76.0 cm³/mol. The van der Waals surface area contributed by atoms with E-state index in [2.05, 4.69) is 4.98 Å². The van der Waals surface area contributed by atoms with Crippen molar-refractivity contribution in [2.24, 2.45) is 0 Å². The lowest BCUT2D eigenvalue weighted by molar-refractivity contribution is -0.689. The zero-order valence-corrected chi connectivity index (χ0v) is 12.3. The summed E-state index contributed by atoms with van der Waals surface area (Å²) < 4.78 is 1.89. The summed E-state index contributed by atoms with van der Waals surface area (Å²) in [5, 5.41) is 0. The first kappa shape index (κ1) is 14.2. The number of nitrogens with zero attached hydrogens (tertiary/aromatic N) is 1. The second-order valence-electron chi connectivity index (χ2n) is 5.07. The summed E-state index contributed by atoms with van der Waals surface area (Å²) in [4.78, 5) is 27.1. The van der Waals surface area contributed by atoms with Crippen molar-refractivity contribution in [3.63, 3.8) is 0 Å². The minimum Gasteiger partial charge on any atom is -0.355 e. The Kier molecular flexibility index (Phi) is 3.84. The van der Waals surface area contributed by atoms with Gasteiger partial charge in [0.15, 0.2) is 17.7 Å². The first-order valence-electron chi connectivity index (χ1n) is 6.60. The summed E-state index contributed by atoms with van der Waals surface area (Å²) in [7, 11) is 0. The molecule has 4 nitrogen and oxygen atoms in total. The van der Waals surface area contributed by atoms with E-state index in [0.717, 1.165) is 17.0 Å². The molecule has 0 fully saturated rings. The third-order valence-electron chi connectivity index (χ3n) is 3.55. The van der Waals surface area contributed by atoms with E-state index in [-0.39, 0.29) is 18.1 Å². The Hall–Kier alpha value is -2.23. The molecule has 2 aromatic heterocycles. The Morgan fingerprint density at radius 3 is 2.45 bits per heavy atom. The average molecular weight is 271 g/mol. The van der Waals surface area contributed by atoms with Crippen LogP contribution in [0.5, 0.6) is 0 Å². The van der Waals surface area contributed by atoms with E-state index >= 15 is 0 Å². The van der Waals surface area contributed by atoms with E-state index in [1.807, 2.05) is 49.7 Å². The molecule has 1 N–H and O–H groups in total. The van der Waals surface area contributed by atoms with Gasteiger partial charge in [-0.25, -0.2) is 0 Å². The molecule has 0 saturated heterocycles. The van der Waals surface area contributed by atoms with Crippen molar-refractivity contribution in [2.75, 3.05) is 0 Å². The molecule has 0 aromatic carbocycles. The molecule has 0 aliphatic heterocycles. The number of carbonyl (C=O) groups excluding carboxylic acids is 2. The lowest BCUT2D eigenvalue weighted by Crippen LogP contribution is -2.40. The lowest BCUT2D eigenvalue weighted by atomic mass is 10.1. The van der Waals surface area contributed by atoms with Crippen LogP contribution in [0.15, 0.2) is 24.4 Å². The monoisotopic (exact) mass is 271 g/mol. The van der Waals surface area contributed by atoms with Gasteiger partial charge >= 0.3 is 0 Å². The summed E-state index contributed by atoms with van der Waals surface area (Å²) in [5.74, 6) is -0.0313. The fraction of sp³-hybridized carbons (Fsp3) is 0.312. The van der Waals surface area contributed by atoms with Gasteiger partial charge in [0.2, 0.25) is 12.3 Å². The van der Waals surface area contributed by atoms with Crippen LogP contribution in [0.25, 0.3) is 0 Å². The van der Waals surface area contributed by atoms with Crippen molar-refractivity contribution in [3.05, 3.63) is 52.6 Å². The minimum atomic E-state index is -0.0163. The van der Waals surface area contributed by atoms with Crippen LogP contribution in [0.4, 0.5) is 0 Å². The van der Waals surface area contributed by atoms with Crippen molar-refractivity contribution < 1.29 is 14.2 Å². The van der Waals surface area contributed by atoms with Crippen LogP contribution in [0.2, 0.25) is 0 Å². The van der Waals surface area contributed by atoms with Crippen molar-refractivity contribution in [1.82, 2.24) is 4.98 Å². The molecule has 0 aliphatic carbocycles. The summed E-state index contributed by atoms with van der Waals surface area (Å²) >= 11 is 0. The Bertz CT molecular complexity index is 684. The van der Waals surface area contributed by atoms with Gasteiger partial charge in [-0.2, -0.15) is 4.57 Å². The molecule has 0 saturated carbocycles. The highest BCUT2D eigenvalue weighted by atomic mass is 16.1. The van der Waals surface area contributed by atoms with E-state index in [0.29, 0.717) is 11.3 Å². The maximum Gasteiger partial charge on any atom is 0.243 e. The molecule has 104 valence electrons. The second kappa shape index (κ2) is 5.41. The quantitative estimate of drug-likeness (QED) is 0.685. The zero-order valence-electron chi connectivity index (χ0n) is 12.3. The highest BCUT2D eigenvalue weighted by molar-refractivity contribution is 6.02. The van der Waals surface area contributed by atoms with Gasteiger partial charge in [0.25, 0.3) is 0 Å². The molecule has 0 atom stereocenters. The van der Waals surface area contributed by atoms with E-state index in [4.69, 9.17) is 0 Å². The molecule has 0 spiro atoms. The zero-order chi connectivity index (χ0) is 14.9. The molecule has 2 rings (SSSR count). The van der Waals surface area contributed by atoms with Gasteiger partial charge in [-0.3, -0.25) is 9.59 Å². The summed E-state index contributed by atoms with van der Waals surface area (Å²) in [6.07, 6.45) is 1.88. The molecule has 4 heteroatoms. The molecule has 0 amide bonds.